The molecule has 0 aromatic rings. The highest BCUT2D eigenvalue weighted by Gasteiger charge is 2.51. The highest BCUT2D eigenvalue weighted by Crippen LogP contribution is 2.40. The first kappa shape index (κ1) is 14.8. The SMILES string of the molecule is CN(C)C1CCCN(C2(CN)CCN3CCCCC32)C1. The number of hydrogen-bond acceptors (Lipinski definition) is 4. The van der Waals surface area contributed by atoms with Gasteiger partial charge in [0.1, 0.15) is 0 Å². The van der Waals surface area contributed by atoms with Crippen molar-refractivity contribution >= 4 is 0 Å². The van der Waals surface area contributed by atoms with Crippen LogP contribution in [0.1, 0.15) is 38.5 Å². The Labute approximate surface area is 124 Å². The number of likely N-dealkylation sites (N-methyl/N-ethyl adjacent to an activating group) is 1. The normalized spacial score (nSPS) is 40.2. The van der Waals surface area contributed by atoms with Crippen LogP contribution in [-0.4, -0.2) is 79.1 Å². The third-order valence-electron chi connectivity index (χ3n) is 6.18. The molecule has 0 aromatic heterocycles. The van der Waals surface area contributed by atoms with E-state index in [0.717, 1.165) is 12.6 Å². The Hall–Kier alpha value is -0.160. The van der Waals surface area contributed by atoms with E-state index in [4.69, 9.17) is 5.73 Å². The van der Waals surface area contributed by atoms with Gasteiger partial charge in [0.2, 0.25) is 0 Å². The highest BCUT2D eigenvalue weighted by atomic mass is 15.3. The third-order valence-corrected chi connectivity index (χ3v) is 6.18. The van der Waals surface area contributed by atoms with Crippen LogP contribution in [0.15, 0.2) is 0 Å². The molecule has 3 rings (SSSR count). The van der Waals surface area contributed by atoms with Crippen molar-refractivity contribution < 1.29 is 0 Å². The van der Waals surface area contributed by atoms with Crippen molar-refractivity contribution in [3.05, 3.63) is 0 Å². The number of rotatable bonds is 3. The number of likely N-dealkylation sites (tertiary alicyclic amines) is 1. The Bertz CT molecular complexity index is 332. The van der Waals surface area contributed by atoms with Gasteiger partial charge in [-0.25, -0.2) is 0 Å². The van der Waals surface area contributed by atoms with E-state index in [1.807, 2.05) is 0 Å². The summed E-state index contributed by atoms with van der Waals surface area (Å²) in [6.45, 7) is 5.89. The Morgan fingerprint density at radius 3 is 2.70 bits per heavy atom. The number of nitrogens with zero attached hydrogens (tertiary/aromatic N) is 3. The second-order valence-electron chi connectivity index (χ2n) is 7.31. The van der Waals surface area contributed by atoms with Gasteiger partial charge in [-0.2, -0.15) is 0 Å². The molecule has 0 amide bonds. The summed E-state index contributed by atoms with van der Waals surface area (Å²) in [5.41, 5.74) is 6.62. The zero-order chi connectivity index (χ0) is 14.2. The maximum atomic E-state index is 6.35. The summed E-state index contributed by atoms with van der Waals surface area (Å²) in [4.78, 5) is 7.91. The van der Waals surface area contributed by atoms with E-state index in [9.17, 15) is 0 Å². The van der Waals surface area contributed by atoms with Crippen molar-refractivity contribution in [2.45, 2.75) is 56.1 Å². The lowest BCUT2D eigenvalue weighted by atomic mass is 9.82. The molecule has 3 unspecified atom stereocenters. The number of fused-ring (bicyclic) bond motifs is 1. The molecule has 3 heterocycles. The van der Waals surface area contributed by atoms with Crippen LogP contribution < -0.4 is 5.73 Å². The van der Waals surface area contributed by atoms with Crippen LogP contribution in [-0.2, 0) is 0 Å². The molecule has 0 bridgehead atoms. The first-order valence-corrected chi connectivity index (χ1v) is 8.53. The van der Waals surface area contributed by atoms with Gasteiger partial charge in [-0.3, -0.25) is 9.80 Å². The fourth-order valence-electron chi connectivity index (χ4n) is 4.89. The molecule has 4 heteroatoms. The number of nitrogens with two attached hydrogens (primary N) is 1. The van der Waals surface area contributed by atoms with E-state index in [1.165, 1.54) is 64.7 Å². The van der Waals surface area contributed by atoms with Gasteiger partial charge in [-0.1, -0.05) is 6.42 Å². The molecule has 3 atom stereocenters. The quantitative estimate of drug-likeness (QED) is 0.835. The Morgan fingerprint density at radius 1 is 1.10 bits per heavy atom. The fraction of sp³-hybridized carbons (Fsp3) is 1.00. The van der Waals surface area contributed by atoms with Crippen LogP contribution in [0.25, 0.3) is 0 Å². The Balaban J connectivity index is 1.78. The van der Waals surface area contributed by atoms with Gasteiger partial charge < -0.3 is 10.6 Å². The van der Waals surface area contributed by atoms with E-state index < -0.39 is 0 Å². The molecule has 0 spiro atoms. The smallest absolute Gasteiger partial charge is 0.0499 e. The van der Waals surface area contributed by atoms with Gasteiger partial charge in [-0.05, 0) is 59.3 Å². The van der Waals surface area contributed by atoms with Crippen LogP contribution in [0.5, 0.6) is 0 Å². The molecule has 4 nitrogen and oxygen atoms in total. The topological polar surface area (TPSA) is 35.7 Å². The molecule has 0 aliphatic carbocycles. The fourth-order valence-corrected chi connectivity index (χ4v) is 4.89. The van der Waals surface area contributed by atoms with Gasteiger partial charge in [0, 0.05) is 37.3 Å². The van der Waals surface area contributed by atoms with Gasteiger partial charge in [0.05, 0.1) is 0 Å². The van der Waals surface area contributed by atoms with Gasteiger partial charge in [0.25, 0.3) is 0 Å². The maximum Gasteiger partial charge on any atom is 0.0499 e. The number of hydrogen-bond donors (Lipinski definition) is 1. The molecule has 3 saturated heterocycles. The van der Waals surface area contributed by atoms with Crippen LogP contribution >= 0.6 is 0 Å². The minimum Gasteiger partial charge on any atom is -0.329 e. The second kappa shape index (κ2) is 5.91. The predicted octanol–water partition coefficient (Wildman–Crippen LogP) is 0.968. The predicted molar refractivity (Wildman–Crippen MR) is 83.9 cm³/mol. The van der Waals surface area contributed by atoms with Crippen molar-refractivity contribution in [3.63, 3.8) is 0 Å². The minimum absolute atomic E-state index is 0.273. The van der Waals surface area contributed by atoms with Crippen LogP contribution in [0.3, 0.4) is 0 Å². The van der Waals surface area contributed by atoms with Crippen molar-refractivity contribution in [2.75, 3.05) is 46.8 Å². The molecule has 20 heavy (non-hydrogen) atoms. The van der Waals surface area contributed by atoms with Crippen LogP contribution in [0.2, 0.25) is 0 Å². The highest BCUT2D eigenvalue weighted by molar-refractivity contribution is 5.09. The van der Waals surface area contributed by atoms with E-state index in [-0.39, 0.29) is 5.54 Å². The van der Waals surface area contributed by atoms with Gasteiger partial charge in [0.15, 0.2) is 0 Å². The Kier molecular flexibility index (Phi) is 4.37. The molecule has 116 valence electrons. The molecule has 3 fully saturated rings. The first-order valence-electron chi connectivity index (χ1n) is 8.53. The van der Waals surface area contributed by atoms with Crippen molar-refractivity contribution in [1.82, 2.24) is 14.7 Å². The monoisotopic (exact) mass is 280 g/mol. The van der Waals surface area contributed by atoms with E-state index in [0.29, 0.717) is 6.04 Å². The lowest BCUT2D eigenvalue weighted by molar-refractivity contribution is 0.00165. The summed E-state index contributed by atoms with van der Waals surface area (Å²) >= 11 is 0. The van der Waals surface area contributed by atoms with E-state index in [1.54, 1.807) is 0 Å². The molecule has 0 aromatic carbocycles. The van der Waals surface area contributed by atoms with Crippen molar-refractivity contribution in [1.29, 1.82) is 0 Å². The molecule has 2 N–H and O–H groups in total. The second-order valence-corrected chi connectivity index (χ2v) is 7.31. The molecular formula is C16H32N4. The summed E-state index contributed by atoms with van der Waals surface area (Å²) in [6, 6.07) is 1.44. The zero-order valence-electron chi connectivity index (χ0n) is 13.4. The molecule has 0 saturated carbocycles. The first-order chi connectivity index (χ1) is 9.67. The largest absolute Gasteiger partial charge is 0.329 e. The van der Waals surface area contributed by atoms with Gasteiger partial charge in [-0.15, -0.1) is 0 Å². The molecular weight excluding hydrogens is 248 g/mol. The van der Waals surface area contributed by atoms with Crippen molar-refractivity contribution in [3.8, 4) is 0 Å². The zero-order valence-corrected chi connectivity index (χ0v) is 13.4. The third kappa shape index (κ3) is 2.41. The summed E-state index contributed by atoms with van der Waals surface area (Å²) in [5.74, 6) is 0. The Morgan fingerprint density at radius 2 is 1.95 bits per heavy atom. The summed E-state index contributed by atoms with van der Waals surface area (Å²) in [7, 11) is 4.45. The molecule has 3 aliphatic heterocycles. The lowest BCUT2D eigenvalue weighted by Crippen LogP contribution is -2.65. The summed E-state index contributed by atoms with van der Waals surface area (Å²) in [6.07, 6.45) is 8.11. The lowest BCUT2D eigenvalue weighted by Gasteiger charge is -2.51. The van der Waals surface area contributed by atoms with Crippen molar-refractivity contribution in [2.24, 2.45) is 5.73 Å². The standard InChI is InChI=1S/C16H32N4/c1-18(2)14-6-5-10-20(12-14)16(13-17)8-11-19-9-4-3-7-15(16)19/h14-15H,3-13,17H2,1-2H3. The number of piperidine rings is 2. The summed E-state index contributed by atoms with van der Waals surface area (Å²) in [5, 5.41) is 0. The van der Waals surface area contributed by atoms with Gasteiger partial charge >= 0.3 is 0 Å². The average molecular weight is 280 g/mol. The molecule has 0 radical (unpaired) electrons. The van der Waals surface area contributed by atoms with E-state index in [2.05, 4.69) is 28.8 Å². The minimum atomic E-state index is 0.273. The summed E-state index contributed by atoms with van der Waals surface area (Å²) < 4.78 is 0. The van der Waals surface area contributed by atoms with Crippen LogP contribution in [0, 0.1) is 0 Å². The van der Waals surface area contributed by atoms with Crippen LogP contribution in [0.4, 0.5) is 0 Å². The molecule has 3 aliphatic rings. The average Bonchev–Trinajstić information content (AvgIpc) is 2.87. The van der Waals surface area contributed by atoms with E-state index >= 15 is 0 Å². The maximum absolute atomic E-state index is 6.35.